The normalized spacial score (nSPS) is 14.0. The third-order valence-electron chi connectivity index (χ3n) is 2.39. The quantitative estimate of drug-likeness (QED) is 0.633. The van der Waals surface area contributed by atoms with Crippen LogP contribution in [0.15, 0.2) is 23.2 Å². The van der Waals surface area contributed by atoms with E-state index in [1.165, 1.54) is 16.8 Å². The second-order valence-electron chi connectivity index (χ2n) is 3.52. The lowest BCUT2D eigenvalue weighted by atomic mass is 10.0. The fourth-order valence-corrected chi connectivity index (χ4v) is 1.74. The summed E-state index contributed by atoms with van der Waals surface area (Å²) >= 11 is 0. The van der Waals surface area contributed by atoms with E-state index in [0.717, 1.165) is 13.0 Å². The summed E-state index contributed by atoms with van der Waals surface area (Å²) in [6.45, 7) is 0.928. The number of benzene rings is 1. The van der Waals surface area contributed by atoms with Gasteiger partial charge in [0.2, 0.25) is 0 Å². The first-order valence-corrected chi connectivity index (χ1v) is 4.58. The Morgan fingerprint density at radius 2 is 2.15 bits per heavy atom. The maximum Gasteiger partial charge on any atom is 0.0430 e. The Kier molecular flexibility index (Phi) is 2.05. The van der Waals surface area contributed by atoms with Crippen molar-refractivity contribution in [1.82, 2.24) is 0 Å². The van der Waals surface area contributed by atoms with Crippen LogP contribution in [0.2, 0.25) is 0 Å². The van der Waals surface area contributed by atoms with Crippen molar-refractivity contribution in [2.75, 3.05) is 25.5 Å². The molecule has 1 aromatic rings. The number of rotatable bonds is 1. The summed E-state index contributed by atoms with van der Waals surface area (Å²) in [7, 11) is 4.17. The lowest BCUT2D eigenvalue weighted by Crippen LogP contribution is -2.14. The first-order valence-electron chi connectivity index (χ1n) is 4.58. The molecule has 1 aliphatic heterocycles. The Hall–Kier alpha value is -1.31. The van der Waals surface area contributed by atoms with Gasteiger partial charge in [0, 0.05) is 32.5 Å². The van der Waals surface area contributed by atoms with Crippen molar-refractivity contribution in [2.45, 2.75) is 6.42 Å². The van der Waals surface area contributed by atoms with E-state index >= 15 is 0 Å². The van der Waals surface area contributed by atoms with Crippen LogP contribution in [-0.2, 0) is 6.42 Å². The molecular formula is C11H14N2. The van der Waals surface area contributed by atoms with Gasteiger partial charge in [-0.25, -0.2) is 0 Å². The average molecular weight is 174 g/mol. The molecule has 0 spiro atoms. The predicted octanol–water partition coefficient (Wildman–Crippen LogP) is 1.73. The number of hydrogen-bond donors (Lipinski definition) is 0. The molecule has 68 valence electrons. The zero-order chi connectivity index (χ0) is 9.26. The van der Waals surface area contributed by atoms with Gasteiger partial charge in [0.25, 0.3) is 0 Å². The van der Waals surface area contributed by atoms with Crippen LogP contribution < -0.4 is 4.90 Å². The van der Waals surface area contributed by atoms with E-state index in [4.69, 9.17) is 0 Å². The summed E-state index contributed by atoms with van der Waals surface area (Å²) in [5, 5.41) is 0. The molecule has 2 heteroatoms. The number of fused-ring (bicyclic) bond motifs is 1. The number of anilines is 1. The summed E-state index contributed by atoms with van der Waals surface area (Å²) < 4.78 is 0. The van der Waals surface area contributed by atoms with E-state index in [9.17, 15) is 0 Å². The zero-order valence-electron chi connectivity index (χ0n) is 8.12. The van der Waals surface area contributed by atoms with Crippen molar-refractivity contribution < 1.29 is 0 Å². The molecule has 0 aromatic heterocycles. The molecule has 1 aromatic carbocycles. The van der Waals surface area contributed by atoms with Gasteiger partial charge >= 0.3 is 0 Å². The van der Waals surface area contributed by atoms with Crippen molar-refractivity contribution in [3.05, 3.63) is 29.3 Å². The summed E-state index contributed by atoms with van der Waals surface area (Å²) in [4.78, 5) is 6.44. The standard InChI is InChI=1S/C11H14N2/c1-13(2)11-5-3-4-9-8-12-7-6-10(9)11/h3-5,8H,6-7H2,1-2H3. The molecule has 0 N–H and O–H groups in total. The van der Waals surface area contributed by atoms with Gasteiger partial charge < -0.3 is 4.90 Å². The maximum atomic E-state index is 4.28. The van der Waals surface area contributed by atoms with Crippen LogP contribution in [0.25, 0.3) is 0 Å². The van der Waals surface area contributed by atoms with E-state index in [0.29, 0.717) is 0 Å². The minimum Gasteiger partial charge on any atom is -0.377 e. The Balaban J connectivity index is 2.53. The molecular weight excluding hydrogens is 160 g/mol. The van der Waals surface area contributed by atoms with Crippen molar-refractivity contribution in [1.29, 1.82) is 0 Å². The summed E-state index contributed by atoms with van der Waals surface area (Å²) in [6, 6.07) is 6.38. The highest BCUT2D eigenvalue weighted by Crippen LogP contribution is 2.23. The van der Waals surface area contributed by atoms with Crippen molar-refractivity contribution >= 4 is 11.9 Å². The summed E-state index contributed by atoms with van der Waals surface area (Å²) in [5.41, 5.74) is 4.03. The van der Waals surface area contributed by atoms with Crippen LogP contribution in [-0.4, -0.2) is 26.9 Å². The lowest BCUT2D eigenvalue weighted by molar-refractivity contribution is 0.939. The largest absolute Gasteiger partial charge is 0.377 e. The second-order valence-corrected chi connectivity index (χ2v) is 3.52. The third-order valence-corrected chi connectivity index (χ3v) is 2.39. The number of hydrogen-bond acceptors (Lipinski definition) is 2. The van der Waals surface area contributed by atoms with Gasteiger partial charge in [-0.1, -0.05) is 12.1 Å². The van der Waals surface area contributed by atoms with Crippen LogP contribution in [0.1, 0.15) is 11.1 Å². The highest BCUT2D eigenvalue weighted by molar-refractivity contribution is 5.85. The Morgan fingerprint density at radius 3 is 2.92 bits per heavy atom. The fraction of sp³-hybridized carbons (Fsp3) is 0.364. The molecule has 0 amide bonds. The minimum atomic E-state index is 0.928. The van der Waals surface area contributed by atoms with E-state index in [2.05, 4.69) is 42.2 Å². The Labute approximate surface area is 78.9 Å². The lowest BCUT2D eigenvalue weighted by Gasteiger charge is -2.20. The topological polar surface area (TPSA) is 15.6 Å². The molecule has 0 saturated heterocycles. The first kappa shape index (κ1) is 8.30. The number of nitrogens with zero attached hydrogens (tertiary/aromatic N) is 2. The number of aliphatic imine (C=N–C) groups is 1. The summed E-state index contributed by atoms with van der Waals surface area (Å²) in [6.07, 6.45) is 3.05. The molecule has 2 rings (SSSR count). The van der Waals surface area contributed by atoms with Crippen LogP contribution in [0, 0.1) is 0 Å². The SMILES string of the molecule is CN(C)c1cccc2c1CCN=C2. The summed E-state index contributed by atoms with van der Waals surface area (Å²) in [5.74, 6) is 0. The van der Waals surface area contributed by atoms with Gasteiger partial charge in [0.05, 0.1) is 0 Å². The molecule has 0 bridgehead atoms. The molecule has 1 aliphatic rings. The van der Waals surface area contributed by atoms with E-state index < -0.39 is 0 Å². The molecule has 1 heterocycles. The van der Waals surface area contributed by atoms with Gasteiger partial charge in [-0.2, -0.15) is 0 Å². The molecule has 0 atom stereocenters. The fourth-order valence-electron chi connectivity index (χ4n) is 1.74. The highest BCUT2D eigenvalue weighted by Gasteiger charge is 2.10. The smallest absolute Gasteiger partial charge is 0.0430 e. The van der Waals surface area contributed by atoms with Crippen molar-refractivity contribution in [2.24, 2.45) is 4.99 Å². The van der Waals surface area contributed by atoms with Crippen molar-refractivity contribution in [3.63, 3.8) is 0 Å². The highest BCUT2D eigenvalue weighted by atomic mass is 15.1. The Morgan fingerprint density at radius 1 is 1.31 bits per heavy atom. The average Bonchev–Trinajstić information content (AvgIpc) is 2.17. The molecule has 2 nitrogen and oxygen atoms in total. The van der Waals surface area contributed by atoms with Crippen LogP contribution in [0.4, 0.5) is 5.69 Å². The van der Waals surface area contributed by atoms with Gasteiger partial charge in [-0.3, -0.25) is 4.99 Å². The molecule has 0 aliphatic carbocycles. The van der Waals surface area contributed by atoms with E-state index in [1.54, 1.807) is 0 Å². The minimum absolute atomic E-state index is 0.928. The van der Waals surface area contributed by atoms with Crippen LogP contribution in [0.5, 0.6) is 0 Å². The van der Waals surface area contributed by atoms with E-state index in [-0.39, 0.29) is 0 Å². The molecule has 0 fully saturated rings. The second kappa shape index (κ2) is 3.21. The molecule has 0 radical (unpaired) electrons. The first-order chi connectivity index (χ1) is 6.29. The van der Waals surface area contributed by atoms with Gasteiger partial charge in [0.15, 0.2) is 0 Å². The van der Waals surface area contributed by atoms with Crippen LogP contribution in [0.3, 0.4) is 0 Å². The third kappa shape index (κ3) is 1.44. The Bertz CT molecular complexity index is 340. The van der Waals surface area contributed by atoms with Crippen LogP contribution >= 0.6 is 0 Å². The molecule has 0 saturated carbocycles. The molecule has 0 unspecified atom stereocenters. The van der Waals surface area contributed by atoms with Crippen molar-refractivity contribution in [3.8, 4) is 0 Å². The van der Waals surface area contributed by atoms with Gasteiger partial charge in [-0.15, -0.1) is 0 Å². The zero-order valence-corrected chi connectivity index (χ0v) is 8.12. The maximum absolute atomic E-state index is 4.28. The van der Waals surface area contributed by atoms with Gasteiger partial charge in [0.1, 0.15) is 0 Å². The van der Waals surface area contributed by atoms with Gasteiger partial charge in [-0.05, 0) is 23.6 Å². The molecule has 13 heavy (non-hydrogen) atoms. The monoisotopic (exact) mass is 174 g/mol. The van der Waals surface area contributed by atoms with E-state index in [1.807, 2.05) is 6.21 Å². The predicted molar refractivity (Wildman–Crippen MR) is 56.9 cm³/mol.